The summed E-state index contributed by atoms with van der Waals surface area (Å²) in [6.45, 7) is 5.74. The Labute approximate surface area is 92.8 Å². The van der Waals surface area contributed by atoms with Gasteiger partial charge in [0.2, 0.25) is 0 Å². The normalized spacial score (nSPS) is 10.9. The van der Waals surface area contributed by atoms with E-state index in [9.17, 15) is 4.39 Å². The van der Waals surface area contributed by atoms with Crippen molar-refractivity contribution < 1.29 is 4.39 Å². The Morgan fingerprint density at radius 2 is 2.14 bits per heavy atom. The fourth-order valence-corrected chi connectivity index (χ4v) is 1.67. The van der Waals surface area contributed by atoms with Crippen molar-refractivity contribution >= 4 is 15.9 Å². The van der Waals surface area contributed by atoms with Crippen LogP contribution >= 0.6 is 15.9 Å². The van der Waals surface area contributed by atoms with Gasteiger partial charge >= 0.3 is 0 Å². The van der Waals surface area contributed by atoms with E-state index in [0.717, 1.165) is 11.0 Å². The number of nitrogens with one attached hydrogen (secondary N) is 1. The molecule has 0 aliphatic carbocycles. The van der Waals surface area contributed by atoms with Gasteiger partial charge in [-0.3, -0.25) is 0 Å². The van der Waals surface area contributed by atoms with Crippen LogP contribution in [0.1, 0.15) is 19.4 Å². The third kappa shape index (κ3) is 3.39. The molecule has 0 radical (unpaired) electrons. The predicted octanol–water partition coefficient (Wildman–Crippen LogP) is 3.33. The fraction of sp³-hybridized carbons (Fsp3) is 0.455. The maximum atomic E-state index is 13.3. The molecular formula is C11H15BrFN. The average molecular weight is 260 g/mol. The second kappa shape index (κ2) is 5.47. The molecule has 1 rings (SSSR count). The minimum absolute atomic E-state index is 0.157. The Morgan fingerprint density at radius 3 is 2.71 bits per heavy atom. The monoisotopic (exact) mass is 259 g/mol. The zero-order valence-electron chi connectivity index (χ0n) is 8.48. The summed E-state index contributed by atoms with van der Waals surface area (Å²) in [5.41, 5.74) is 0.702. The van der Waals surface area contributed by atoms with E-state index < -0.39 is 0 Å². The molecule has 0 saturated heterocycles. The number of rotatable bonds is 4. The molecule has 0 atom stereocenters. The van der Waals surface area contributed by atoms with E-state index in [1.54, 1.807) is 6.07 Å². The predicted molar refractivity (Wildman–Crippen MR) is 60.6 cm³/mol. The van der Waals surface area contributed by atoms with Gasteiger partial charge in [0.25, 0.3) is 0 Å². The van der Waals surface area contributed by atoms with Gasteiger partial charge in [-0.1, -0.05) is 35.8 Å². The summed E-state index contributed by atoms with van der Waals surface area (Å²) in [4.78, 5) is 0. The molecule has 1 N–H and O–H groups in total. The Hall–Kier alpha value is -0.410. The van der Waals surface area contributed by atoms with E-state index in [1.165, 1.54) is 6.07 Å². The number of halogens is 2. The van der Waals surface area contributed by atoms with E-state index in [-0.39, 0.29) is 5.82 Å². The molecule has 14 heavy (non-hydrogen) atoms. The summed E-state index contributed by atoms with van der Waals surface area (Å²) in [5, 5.41) is 3.21. The van der Waals surface area contributed by atoms with E-state index >= 15 is 0 Å². The van der Waals surface area contributed by atoms with Crippen LogP contribution in [0.15, 0.2) is 22.7 Å². The molecule has 3 heteroatoms. The van der Waals surface area contributed by atoms with Crippen LogP contribution in [0.25, 0.3) is 0 Å². The molecule has 0 saturated carbocycles. The topological polar surface area (TPSA) is 12.0 Å². The Bertz CT molecular complexity index is 279. The maximum Gasteiger partial charge on any atom is 0.128 e. The first-order chi connectivity index (χ1) is 6.61. The minimum atomic E-state index is -0.157. The molecular weight excluding hydrogens is 245 g/mol. The standard InChI is InChI=1S/C11H15BrFN/c1-8(2)6-14-7-9-10(12)4-3-5-11(9)13/h3-5,8,14H,6-7H2,1-2H3. The largest absolute Gasteiger partial charge is 0.312 e. The lowest BCUT2D eigenvalue weighted by atomic mass is 10.2. The van der Waals surface area contributed by atoms with Gasteiger partial charge in [-0.25, -0.2) is 4.39 Å². The first-order valence-electron chi connectivity index (χ1n) is 4.75. The summed E-state index contributed by atoms with van der Waals surface area (Å²) < 4.78 is 14.1. The second-order valence-corrected chi connectivity index (χ2v) is 4.58. The van der Waals surface area contributed by atoms with Crippen LogP contribution in [-0.4, -0.2) is 6.54 Å². The summed E-state index contributed by atoms with van der Waals surface area (Å²) >= 11 is 3.33. The van der Waals surface area contributed by atoms with Crippen molar-refractivity contribution in [3.63, 3.8) is 0 Å². The number of hydrogen-bond donors (Lipinski definition) is 1. The van der Waals surface area contributed by atoms with Gasteiger partial charge in [-0.2, -0.15) is 0 Å². The molecule has 1 aromatic rings. The van der Waals surface area contributed by atoms with Crippen LogP contribution in [0.2, 0.25) is 0 Å². The summed E-state index contributed by atoms with van der Waals surface area (Å²) in [6.07, 6.45) is 0. The Balaban J connectivity index is 2.58. The molecule has 0 heterocycles. The molecule has 0 amide bonds. The highest BCUT2D eigenvalue weighted by Crippen LogP contribution is 2.19. The maximum absolute atomic E-state index is 13.3. The van der Waals surface area contributed by atoms with E-state index in [2.05, 4.69) is 35.1 Å². The highest BCUT2D eigenvalue weighted by Gasteiger charge is 2.05. The van der Waals surface area contributed by atoms with Crippen LogP contribution in [0.5, 0.6) is 0 Å². The molecule has 0 aliphatic rings. The van der Waals surface area contributed by atoms with Crippen LogP contribution in [0, 0.1) is 11.7 Å². The Morgan fingerprint density at radius 1 is 1.43 bits per heavy atom. The summed E-state index contributed by atoms with van der Waals surface area (Å²) in [5.74, 6) is 0.427. The van der Waals surface area contributed by atoms with Crippen molar-refractivity contribution in [1.82, 2.24) is 5.32 Å². The molecule has 0 unspecified atom stereocenters. The van der Waals surface area contributed by atoms with E-state index in [4.69, 9.17) is 0 Å². The van der Waals surface area contributed by atoms with Crippen LogP contribution in [0.3, 0.4) is 0 Å². The molecule has 78 valence electrons. The molecule has 0 aromatic heterocycles. The van der Waals surface area contributed by atoms with Crippen molar-refractivity contribution in [3.05, 3.63) is 34.1 Å². The van der Waals surface area contributed by atoms with Crippen molar-refractivity contribution in [2.24, 2.45) is 5.92 Å². The smallest absolute Gasteiger partial charge is 0.128 e. The lowest BCUT2D eigenvalue weighted by Crippen LogP contribution is -2.19. The van der Waals surface area contributed by atoms with Gasteiger partial charge in [0, 0.05) is 16.6 Å². The second-order valence-electron chi connectivity index (χ2n) is 3.72. The van der Waals surface area contributed by atoms with Crippen LogP contribution in [0.4, 0.5) is 4.39 Å². The van der Waals surface area contributed by atoms with Crippen molar-refractivity contribution in [2.75, 3.05) is 6.54 Å². The van der Waals surface area contributed by atoms with Gasteiger partial charge in [0.1, 0.15) is 5.82 Å². The Kier molecular flexibility index (Phi) is 4.55. The zero-order chi connectivity index (χ0) is 10.6. The van der Waals surface area contributed by atoms with Crippen molar-refractivity contribution in [2.45, 2.75) is 20.4 Å². The van der Waals surface area contributed by atoms with Crippen molar-refractivity contribution in [3.8, 4) is 0 Å². The first kappa shape index (κ1) is 11.7. The molecule has 1 nitrogen and oxygen atoms in total. The van der Waals surface area contributed by atoms with Gasteiger partial charge in [-0.15, -0.1) is 0 Å². The van der Waals surface area contributed by atoms with Gasteiger partial charge in [0.15, 0.2) is 0 Å². The molecule has 0 spiro atoms. The third-order valence-corrected chi connectivity index (χ3v) is 2.66. The minimum Gasteiger partial charge on any atom is -0.312 e. The number of hydrogen-bond acceptors (Lipinski definition) is 1. The summed E-state index contributed by atoms with van der Waals surface area (Å²) in [7, 11) is 0. The quantitative estimate of drug-likeness (QED) is 0.875. The molecule has 1 aromatic carbocycles. The summed E-state index contributed by atoms with van der Waals surface area (Å²) in [6, 6.07) is 5.04. The highest BCUT2D eigenvalue weighted by molar-refractivity contribution is 9.10. The van der Waals surface area contributed by atoms with E-state index in [1.807, 2.05) is 6.07 Å². The lowest BCUT2D eigenvalue weighted by Gasteiger charge is -2.09. The van der Waals surface area contributed by atoms with E-state index in [0.29, 0.717) is 18.0 Å². The van der Waals surface area contributed by atoms with Crippen LogP contribution in [-0.2, 0) is 6.54 Å². The zero-order valence-corrected chi connectivity index (χ0v) is 10.1. The van der Waals surface area contributed by atoms with Crippen LogP contribution < -0.4 is 5.32 Å². The van der Waals surface area contributed by atoms with Gasteiger partial charge in [-0.05, 0) is 24.6 Å². The number of benzene rings is 1. The lowest BCUT2D eigenvalue weighted by molar-refractivity contribution is 0.533. The first-order valence-corrected chi connectivity index (χ1v) is 5.54. The molecule has 0 aliphatic heterocycles. The average Bonchev–Trinajstić information content (AvgIpc) is 2.09. The van der Waals surface area contributed by atoms with Crippen molar-refractivity contribution in [1.29, 1.82) is 0 Å². The fourth-order valence-electron chi connectivity index (χ4n) is 1.19. The third-order valence-electron chi connectivity index (χ3n) is 1.92. The highest BCUT2D eigenvalue weighted by atomic mass is 79.9. The molecule has 0 fully saturated rings. The molecule has 0 bridgehead atoms. The van der Waals surface area contributed by atoms with Gasteiger partial charge in [0.05, 0.1) is 0 Å². The van der Waals surface area contributed by atoms with Gasteiger partial charge < -0.3 is 5.32 Å². The SMILES string of the molecule is CC(C)CNCc1c(F)cccc1Br.